The zero-order chi connectivity index (χ0) is 14.7. The molecule has 0 radical (unpaired) electrons. The number of carbonyl (C=O) groups is 2. The van der Waals surface area contributed by atoms with Gasteiger partial charge in [-0.15, -0.1) is 0 Å². The molecule has 2 rings (SSSR count). The van der Waals surface area contributed by atoms with E-state index in [1.807, 2.05) is 0 Å². The van der Waals surface area contributed by atoms with Crippen molar-refractivity contribution in [2.24, 2.45) is 0 Å². The molecule has 2 aromatic rings. The number of carbonyl (C=O) groups excluding carboxylic acids is 2. The summed E-state index contributed by atoms with van der Waals surface area (Å²) < 4.78 is 5.24. The van der Waals surface area contributed by atoms with Gasteiger partial charge in [0.1, 0.15) is 0 Å². The molecule has 20 heavy (non-hydrogen) atoms. The van der Waals surface area contributed by atoms with E-state index in [0.717, 1.165) is 0 Å². The number of hydrogen-bond acceptors (Lipinski definition) is 3. The maximum absolute atomic E-state index is 12.5. The van der Waals surface area contributed by atoms with Crippen LogP contribution in [-0.4, -0.2) is 18.9 Å². The molecule has 0 atom stereocenters. The van der Waals surface area contributed by atoms with Crippen LogP contribution < -0.4 is 0 Å². The van der Waals surface area contributed by atoms with Gasteiger partial charge in [0.15, 0.2) is 5.78 Å². The summed E-state index contributed by atoms with van der Waals surface area (Å²) in [4.78, 5) is 24.3. The van der Waals surface area contributed by atoms with Gasteiger partial charge in [-0.2, -0.15) is 0 Å². The highest BCUT2D eigenvalue weighted by molar-refractivity contribution is 9.10. The number of rotatable bonds is 3. The van der Waals surface area contributed by atoms with E-state index >= 15 is 0 Å². The highest BCUT2D eigenvalue weighted by Gasteiger charge is 2.21. The van der Waals surface area contributed by atoms with Crippen molar-refractivity contribution in [2.75, 3.05) is 7.11 Å². The highest BCUT2D eigenvalue weighted by atomic mass is 79.9. The van der Waals surface area contributed by atoms with Gasteiger partial charge in [-0.05, 0) is 46.3 Å². The second-order valence-electron chi connectivity index (χ2n) is 3.99. The molecule has 0 aliphatic carbocycles. The smallest absolute Gasteiger partial charge is 0.339 e. The van der Waals surface area contributed by atoms with Crippen molar-refractivity contribution in [3.63, 3.8) is 0 Å². The third kappa shape index (κ3) is 2.92. The molecule has 0 bridgehead atoms. The van der Waals surface area contributed by atoms with E-state index < -0.39 is 5.97 Å². The van der Waals surface area contributed by atoms with Crippen LogP contribution in [0.15, 0.2) is 46.9 Å². The molecule has 0 spiro atoms. The lowest BCUT2D eigenvalue weighted by Crippen LogP contribution is -2.12. The molecule has 0 N–H and O–H groups in total. The van der Waals surface area contributed by atoms with Crippen molar-refractivity contribution in [3.8, 4) is 0 Å². The Hall–Kier alpha value is -1.65. The highest BCUT2D eigenvalue weighted by Crippen LogP contribution is 2.24. The molecule has 0 aliphatic rings. The predicted molar refractivity (Wildman–Crippen MR) is 80.4 cm³/mol. The van der Waals surface area contributed by atoms with Crippen LogP contribution in [0.1, 0.15) is 26.3 Å². The molecule has 0 fully saturated rings. The molecule has 0 saturated carbocycles. The molecule has 2 aromatic carbocycles. The zero-order valence-corrected chi connectivity index (χ0v) is 12.9. The summed E-state index contributed by atoms with van der Waals surface area (Å²) in [5.41, 5.74) is 0.959. The first-order valence-corrected chi connectivity index (χ1v) is 6.88. The summed E-state index contributed by atoms with van der Waals surface area (Å²) in [5, 5.41) is 0.545. The van der Waals surface area contributed by atoms with Gasteiger partial charge in [0.25, 0.3) is 0 Å². The number of benzene rings is 2. The molecular weight excluding hydrogens is 344 g/mol. The van der Waals surface area contributed by atoms with Gasteiger partial charge < -0.3 is 4.74 Å². The van der Waals surface area contributed by atoms with Crippen LogP contribution in [0.25, 0.3) is 0 Å². The Morgan fingerprint density at radius 3 is 2.35 bits per heavy atom. The van der Waals surface area contributed by atoms with Crippen LogP contribution in [0.4, 0.5) is 0 Å². The monoisotopic (exact) mass is 352 g/mol. The fraction of sp³-hybridized carbons (Fsp3) is 0.0667. The third-order valence-corrected chi connectivity index (χ3v) is 3.67. The number of ether oxygens (including phenoxy) is 1. The average Bonchev–Trinajstić information content (AvgIpc) is 2.46. The molecule has 0 amide bonds. The lowest BCUT2D eigenvalue weighted by molar-refractivity contribution is 0.0596. The minimum atomic E-state index is -0.560. The Morgan fingerprint density at radius 2 is 1.75 bits per heavy atom. The Bertz CT molecular complexity index is 665. The quantitative estimate of drug-likeness (QED) is 0.616. The van der Waals surface area contributed by atoms with Gasteiger partial charge in [-0.1, -0.05) is 23.7 Å². The van der Waals surface area contributed by atoms with E-state index in [2.05, 4.69) is 15.9 Å². The predicted octanol–water partition coefficient (Wildman–Crippen LogP) is 4.12. The van der Waals surface area contributed by atoms with E-state index in [9.17, 15) is 9.59 Å². The molecule has 0 aliphatic heterocycles. The maximum Gasteiger partial charge on any atom is 0.339 e. The van der Waals surface area contributed by atoms with Crippen LogP contribution in [-0.2, 0) is 4.74 Å². The van der Waals surface area contributed by atoms with Crippen molar-refractivity contribution in [1.82, 2.24) is 0 Å². The molecule has 0 unspecified atom stereocenters. The largest absolute Gasteiger partial charge is 0.465 e. The third-order valence-electron chi connectivity index (χ3n) is 2.75. The first-order valence-electron chi connectivity index (χ1n) is 5.71. The van der Waals surface area contributed by atoms with Crippen molar-refractivity contribution < 1.29 is 14.3 Å². The van der Waals surface area contributed by atoms with Crippen LogP contribution >= 0.6 is 27.5 Å². The molecule has 5 heteroatoms. The van der Waals surface area contributed by atoms with Gasteiger partial charge in [-0.3, -0.25) is 4.79 Å². The average molecular weight is 354 g/mol. The summed E-state index contributed by atoms with van der Waals surface area (Å²) in [6, 6.07) is 11.5. The van der Waals surface area contributed by atoms with Gasteiger partial charge in [0, 0.05) is 20.6 Å². The lowest BCUT2D eigenvalue weighted by Gasteiger charge is -2.09. The second kappa shape index (κ2) is 6.20. The van der Waals surface area contributed by atoms with Crippen molar-refractivity contribution in [2.45, 2.75) is 0 Å². The lowest BCUT2D eigenvalue weighted by atomic mass is 9.98. The van der Waals surface area contributed by atoms with Gasteiger partial charge in [0.2, 0.25) is 0 Å². The molecule has 102 valence electrons. The normalized spacial score (nSPS) is 10.2. The first-order chi connectivity index (χ1) is 9.54. The van der Waals surface area contributed by atoms with E-state index in [1.165, 1.54) is 7.11 Å². The number of methoxy groups -OCH3 is 1. The van der Waals surface area contributed by atoms with Crippen LogP contribution in [0, 0.1) is 0 Å². The van der Waals surface area contributed by atoms with Gasteiger partial charge >= 0.3 is 5.97 Å². The minimum Gasteiger partial charge on any atom is -0.465 e. The van der Waals surface area contributed by atoms with E-state index in [-0.39, 0.29) is 16.9 Å². The van der Waals surface area contributed by atoms with Gasteiger partial charge in [-0.25, -0.2) is 4.79 Å². The summed E-state index contributed by atoms with van der Waals surface area (Å²) in [6.07, 6.45) is 0. The Morgan fingerprint density at radius 1 is 1.10 bits per heavy atom. The van der Waals surface area contributed by atoms with Gasteiger partial charge in [0.05, 0.1) is 12.7 Å². The van der Waals surface area contributed by atoms with Crippen LogP contribution in [0.5, 0.6) is 0 Å². The molecule has 0 aromatic heterocycles. The molecule has 0 saturated heterocycles. The fourth-order valence-electron chi connectivity index (χ4n) is 1.78. The Balaban J connectivity index is 2.52. The van der Waals surface area contributed by atoms with E-state index in [1.54, 1.807) is 42.5 Å². The summed E-state index contributed by atoms with van der Waals surface area (Å²) >= 11 is 9.07. The van der Waals surface area contributed by atoms with Crippen molar-refractivity contribution in [1.29, 1.82) is 0 Å². The second-order valence-corrected chi connectivity index (χ2v) is 5.28. The van der Waals surface area contributed by atoms with Crippen LogP contribution in [0.3, 0.4) is 0 Å². The number of ketones is 1. The molecule has 3 nitrogen and oxygen atoms in total. The van der Waals surface area contributed by atoms with Crippen molar-refractivity contribution in [3.05, 3.63) is 68.7 Å². The first kappa shape index (κ1) is 14.8. The van der Waals surface area contributed by atoms with E-state index in [0.29, 0.717) is 15.1 Å². The number of esters is 1. The standard InChI is InChI=1S/C15H10BrClO3/c1-20-15(19)13-11(3-2-4-12(13)16)14(18)9-5-7-10(17)8-6-9/h2-8H,1H3. The van der Waals surface area contributed by atoms with E-state index in [4.69, 9.17) is 16.3 Å². The fourth-order valence-corrected chi connectivity index (χ4v) is 2.43. The SMILES string of the molecule is COC(=O)c1c(Br)cccc1C(=O)c1ccc(Cl)cc1. The number of halogens is 2. The summed E-state index contributed by atoms with van der Waals surface area (Å²) in [7, 11) is 1.28. The molecule has 0 heterocycles. The van der Waals surface area contributed by atoms with Crippen molar-refractivity contribution >= 4 is 39.3 Å². The van der Waals surface area contributed by atoms with Crippen LogP contribution in [0.2, 0.25) is 5.02 Å². The topological polar surface area (TPSA) is 43.4 Å². The molecular formula is C15H10BrClO3. The Labute approximate surface area is 129 Å². The summed E-state index contributed by atoms with van der Waals surface area (Å²) in [6.45, 7) is 0. The summed E-state index contributed by atoms with van der Waals surface area (Å²) in [5.74, 6) is -0.821. The number of hydrogen-bond donors (Lipinski definition) is 0. The maximum atomic E-state index is 12.5. The zero-order valence-electron chi connectivity index (χ0n) is 10.5. The Kier molecular flexibility index (Phi) is 4.57. The minimum absolute atomic E-state index is 0.218.